The number of hydrogen-bond donors (Lipinski definition) is 1. The van der Waals surface area contributed by atoms with E-state index in [9.17, 15) is 4.79 Å². The van der Waals surface area contributed by atoms with Gasteiger partial charge >= 0.3 is 6.09 Å². The number of carbonyl (C=O) groups is 1. The van der Waals surface area contributed by atoms with Gasteiger partial charge in [0.25, 0.3) is 0 Å². The minimum absolute atomic E-state index is 0.0773. The quantitative estimate of drug-likeness (QED) is 0.520. The maximum absolute atomic E-state index is 12.7. The van der Waals surface area contributed by atoms with Gasteiger partial charge in [0.15, 0.2) is 0 Å². The molecule has 1 aliphatic rings. The summed E-state index contributed by atoms with van der Waals surface area (Å²) in [7, 11) is 0. The van der Waals surface area contributed by atoms with Crippen LogP contribution in [0.15, 0.2) is 34.8 Å². The second-order valence-corrected chi connectivity index (χ2v) is 9.05. The normalized spacial score (nSPS) is 18.2. The Morgan fingerprint density at radius 1 is 1.26 bits per heavy atom. The highest BCUT2D eigenvalue weighted by Gasteiger charge is 2.33. The van der Waals surface area contributed by atoms with Crippen LogP contribution in [0.5, 0.6) is 0 Å². The highest BCUT2D eigenvalue weighted by Crippen LogP contribution is 2.33. The van der Waals surface area contributed by atoms with Crippen molar-refractivity contribution < 1.29 is 9.53 Å². The van der Waals surface area contributed by atoms with Gasteiger partial charge in [0.1, 0.15) is 11.4 Å². The first kappa shape index (κ1) is 18.3. The summed E-state index contributed by atoms with van der Waals surface area (Å²) in [6.45, 7) is 6.39. The van der Waals surface area contributed by atoms with Gasteiger partial charge in [-0.1, -0.05) is 28.1 Å². The molecule has 0 radical (unpaired) electrons. The Morgan fingerprint density at radius 3 is 2.85 bits per heavy atom. The molecule has 1 saturated heterocycles. The van der Waals surface area contributed by atoms with Gasteiger partial charge in [0.05, 0.1) is 17.1 Å². The molecule has 5 nitrogen and oxygen atoms in total. The summed E-state index contributed by atoms with van der Waals surface area (Å²) in [5.41, 5.74) is 1.44. The van der Waals surface area contributed by atoms with Crippen LogP contribution in [0.3, 0.4) is 0 Å². The Bertz CT molecular complexity index is 1010. The van der Waals surface area contributed by atoms with E-state index >= 15 is 0 Å². The number of imidazole rings is 1. The van der Waals surface area contributed by atoms with E-state index in [0.717, 1.165) is 51.4 Å². The maximum Gasteiger partial charge on any atom is 0.410 e. The lowest BCUT2D eigenvalue weighted by Gasteiger charge is -2.35. The third-order valence-electron chi connectivity index (χ3n) is 4.89. The molecule has 1 N–H and O–H groups in total. The lowest BCUT2D eigenvalue weighted by Crippen LogP contribution is -2.42. The van der Waals surface area contributed by atoms with Crippen molar-refractivity contribution in [1.82, 2.24) is 14.9 Å². The number of halogens is 1. The fourth-order valence-electron chi connectivity index (χ4n) is 3.70. The zero-order valence-corrected chi connectivity index (χ0v) is 17.5. The highest BCUT2D eigenvalue weighted by molar-refractivity contribution is 9.10. The first-order chi connectivity index (χ1) is 12.8. The van der Waals surface area contributed by atoms with Crippen molar-refractivity contribution in [3.63, 3.8) is 0 Å². The molecule has 27 heavy (non-hydrogen) atoms. The van der Waals surface area contributed by atoms with Crippen LogP contribution in [-0.2, 0) is 4.74 Å². The number of fused-ring (bicyclic) bond motifs is 3. The van der Waals surface area contributed by atoms with E-state index in [2.05, 4.69) is 45.2 Å². The summed E-state index contributed by atoms with van der Waals surface area (Å²) in [6.07, 6.45) is 2.70. The monoisotopic (exact) mass is 429 g/mol. The number of nitrogens with one attached hydrogen (secondary N) is 1. The van der Waals surface area contributed by atoms with Crippen molar-refractivity contribution in [3.8, 4) is 0 Å². The number of ether oxygens (including phenoxy) is 1. The minimum atomic E-state index is -0.503. The summed E-state index contributed by atoms with van der Waals surface area (Å²) in [5, 5.41) is 2.25. The second kappa shape index (κ2) is 6.82. The Balaban J connectivity index is 1.73. The van der Waals surface area contributed by atoms with Crippen LogP contribution in [0.4, 0.5) is 4.79 Å². The average molecular weight is 430 g/mol. The smallest absolute Gasteiger partial charge is 0.410 e. The highest BCUT2D eigenvalue weighted by atomic mass is 79.9. The molecule has 1 aliphatic heterocycles. The van der Waals surface area contributed by atoms with Gasteiger partial charge in [0.2, 0.25) is 0 Å². The Labute approximate surface area is 167 Å². The molecule has 1 amide bonds. The number of nitrogens with zero attached hydrogens (tertiary/aromatic N) is 2. The molecule has 0 unspecified atom stereocenters. The lowest BCUT2D eigenvalue weighted by molar-refractivity contribution is 0.00857. The lowest BCUT2D eigenvalue weighted by atomic mass is 10.0. The third-order valence-corrected chi connectivity index (χ3v) is 5.39. The molecule has 1 atom stereocenters. The van der Waals surface area contributed by atoms with Crippen molar-refractivity contribution in [2.75, 3.05) is 6.54 Å². The molecule has 0 bridgehead atoms. The molecule has 1 aromatic heterocycles. The Kier molecular flexibility index (Phi) is 4.62. The Morgan fingerprint density at radius 2 is 2.07 bits per heavy atom. The molecular weight excluding hydrogens is 406 g/mol. The number of aromatic nitrogens is 2. The van der Waals surface area contributed by atoms with Gasteiger partial charge in [-0.2, -0.15) is 0 Å². The zero-order valence-electron chi connectivity index (χ0n) is 15.9. The number of benzene rings is 2. The number of piperidine rings is 1. The van der Waals surface area contributed by atoms with Crippen molar-refractivity contribution >= 4 is 43.8 Å². The minimum Gasteiger partial charge on any atom is -0.444 e. The van der Waals surface area contributed by atoms with E-state index in [-0.39, 0.29) is 12.1 Å². The zero-order chi connectivity index (χ0) is 19.2. The van der Waals surface area contributed by atoms with Crippen LogP contribution in [0, 0.1) is 0 Å². The average Bonchev–Trinajstić information content (AvgIpc) is 3.04. The number of aromatic amines is 1. The fraction of sp³-hybridized carbons (Fsp3) is 0.429. The number of hydrogen-bond acceptors (Lipinski definition) is 3. The van der Waals surface area contributed by atoms with Gasteiger partial charge in [0, 0.05) is 16.4 Å². The van der Waals surface area contributed by atoms with Crippen LogP contribution < -0.4 is 0 Å². The van der Waals surface area contributed by atoms with E-state index in [4.69, 9.17) is 9.72 Å². The molecule has 0 aliphatic carbocycles. The third kappa shape index (κ3) is 3.68. The molecule has 4 rings (SSSR count). The summed E-state index contributed by atoms with van der Waals surface area (Å²) in [5.74, 6) is 0.839. The summed E-state index contributed by atoms with van der Waals surface area (Å²) in [4.78, 5) is 22.9. The van der Waals surface area contributed by atoms with E-state index in [1.165, 1.54) is 0 Å². The topological polar surface area (TPSA) is 58.2 Å². The molecule has 142 valence electrons. The van der Waals surface area contributed by atoms with Gasteiger partial charge in [-0.05, 0) is 63.6 Å². The Hall–Kier alpha value is -2.08. The van der Waals surface area contributed by atoms with Crippen molar-refractivity contribution in [1.29, 1.82) is 0 Å². The van der Waals surface area contributed by atoms with Crippen LogP contribution in [-0.4, -0.2) is 33.1 Å². The predicted molar refractivity (Wildman–Crippen MR) is 111 cm³/mol. The number of H-pyrrole nitrogens is 1. The predicted octanol–water partition coefficient (Wildman–Crippen LogP) is 5.94. The van der Waals surface area contributed by atoms with Gasteiger partial charge in [-0.15, -0.1) is 0 Å². The van der Waals surface area contributed by atoms with E-state index in [0.29, 0.717) is 6.54 Å². The van der Waals surface area contributed by atoms with Crippen molar-refractivity contribution in [2.24, 2.45) is 0 Å². The number of likely N-dealkylation sites (tertiary alicyclic amines) is 1. The number of rotatable bonds is 1. The standard InChI is InChI=1S/C21H24BrN3O2/c1-21(2,3)27-20(26)25-11-5-4-6-17(25)19-23-16-10-7-13-12-14(22)8-9-15(13)18(16)24-19/h7-10,12,17H,4-6,11H2,1-3H3,(H,23,24)/t17-/m0/s1. The van der Waals surface area contributed by atoms with Gasteiger partial charge in [-0.3, -0.25) is 4.90 Å². The molecule has 6 heteroatoms. The first-order valence-electron chi connectivity index (χ1n) is 9.39. The van der Waals surface area contributed by atoms with E-state index < -0.39 is 5.60 Å². The molecule has 2 heterocycles. The van der Waals surface area contributed by atoms with Crippen LogP contribution >= 0.6 is 15.9 Å². The molecule has 3 aromatic rings. The van der Waals surface area contributed by atoms with Gasteiger partial charge in [-0.25, -0.2) is 9.78 Å². The molecule has 2 aromatic carbocycles. The SMILES string of the molecule is CC(C)(C)OC(=O)N1CCCC[C@H]1c1nc2c(ccc3cc(Br)ccc32)[nH]1. The summed E-state index contributed by atoms with van der Waals surface area (Å²) >= 11 is 3.53. The second-order valence-electron chi connectivity index (χ2n) is 8.13. The van der Waals surface area contributed by atoms with E-state index in [1.807, 2.05) is 31.7 Å². The molecule has 0 spiro atoms. The molecular formula is C21H24BrN3O2. The number of carbonyl (C=O) groups excluding carboxylic acids is 1. The molecule has 0 saturated carbocycles. The molecule has 1 fully saturated rings. The fourth-order valence-corrected chi connectivity index (χ4v) is 4.08. The van der Waals surface area contributed by atoms with Crippen LogP contribution in [0.1, 0.15) is 51.9 Å². The largest absolute Gasteiger partial charge is 0.444 e. The maximum atomic E-state index is 12.7. The van der Waals surface area contributed by atoms with Crippen molar-refractivity contribution in [2.45, 2.75) is 51.7 Å². The van der Waals surface area contributed by atoms with Crippen LogP contribution in [0.2, 0.25) is 0 Å². The van der Waals surface area contributed by atoms with Crippen molar-refractivity contribution in [3.05, 3.63) is 40.6 Å². The number of amides is 1. The first-order valence-corrected chi connectivity index (χ1v) is 10.2. The summed E-state index contributed by atoms with van der Waals surface area (Å²) < 4.78 is 6.68. The summed E-state index contributed by atoms with van der Waals surface area (Å²) in [6, 6.07) is 10.3. The van der Waals surface area contributed by atoms with Gasteiger partial charge < -0.3 is 9.72 Å². The van der Waals surface area contributed by atoms with Crippen LogP contribution in [0.25, 0.3) is 21.8 Å². The van der Waals surface area contributed by atoms with E-state index in [1.54, 1.807) is 0 Å².